The van der Waals surface area contributed by atoms with Gasteiger partial charge in [0.05, 0.1) is 15.7 Å². The molecular weight excluding hydrogens is 389 g/mol. The van der Waals surface area contributed by atoms with Gasteiger partial charge in [-0.15, -0.1) is 0 Å². The lowest BCUT2D eigenvalue weighted by molar-refractivity contribution is 0.0192. The maximum Gasteiger partial charge on any atom is 0.410 e. The molecule has 1 amide bonds. The zero-order chi connectivity index (χ0) is 19.0. The number of benzene rings is 1. The number of halogens is 2. The summed E-state index contributed by atoms with van der Waals surface area (Å²) in [4.78, 5) is 13.3. The Balaban J connectivity index is 2.15. The molecule has 1 saturated heterocycles. The van der Waals surface area contributed by atoms with Crippen molar-refractivity contribution in [3.8, 4) is 0 Å². The number of hydrogen-bond acceptors (Lipinski definition) is 5. The third kappa shape index (κ3) is 4.49. The van der Waals surface area contributed by atoms with Gasteiger partial charge in [0, 0.05) is 26.2 Å². The van der Waals surface area contributed by atoms with Gasteiger partial charge in [-0.1, -0.05) is 23.2 Å². The third-order valence-electron chi connectivity index (χ3n) is 3.57. The first kappa shape index (κ1) is 20.1. The fourth-order valence-corrected chi connectivity index (χ4v) is 4.87. The van der Waals surface area contributed by atoms with E-state index in [0.29, 0.717) is 0 Å². The molecule has 1 fully saturated rings. The number of nitrogens with zero attached hydrogens (tertiary/aromatic N) is 2. The van der Waals surface area contributed by atoms with Gasteiger partial charge in [0.1, 0.15) is 10.5 Å². The summed E-state index contributed by atoms with van der Waals surface area (Å²) in [5.41, 5.74) is 5.22. The average molecular weight is 410 g/mol. The summed E-state index contributed by atoms with van der Waals surface area (Å²) in [6, 6.07) is 2.84. The number of nitrogen functional groups attached to an aromatic ring is 1. The average Bonchev–Trinajstić information content (AvgIpc) is 2.49. The second-order valence-electron chi connectivity index (χ2n) is 6.65. The molecule has 0 unspecified atom stereocenters. The number of anilines is 1. The molecule has 0 atom stereocenters. The minimum atomic E-state index is -3.92. The normalized spacial score (nSPS) is 16.8. The molecule has 2 rings (SSSR count). The van der Waals surface area contributed by atoms with Crippen LogP contribution in [0.15, 0.2) is 17.0 Å². The Labute approximate surface area is 157 Å². The largest absolute Gasteiger partial charge is 0.444 e. The van der Waals surface area contributed by atoms with E-state index < -0.39 is 21.7 Å². The summed E-state index contributed by atoms with van der Waals surface area (Å²) >= 11 is 12.1. The second kappa shape index (κ2) is 7.19. The topological polar surface area (TPSA) is 92.9 Å². The number of piperazine rings is 1. The van der Waals surface area contributed by atoms with E-state index in [1.54, 1.807) is 20.8 Å². The lowest BCUT2D eigenvalue weighted by Gasteiger charge is -2.35. The molecule has 7 nitrogen and oxygen atoms in total. The minimum Gasteiger partial charge on any atom is -0.444 e. The van der Waals surface area contributed by atoms with Gasteiger partial charge >= 0.3 is 6.09 Å². The van der Waals surface area contributed by atoms with E-state index in [4.69, 9.17) is 33.7 Å². The van der Waals surface area contributed by atoms with E-state index in [9.17, 15) is 13.2 Å². The quantitative estimate of drug-likeness (QED) is 0.757. The fraction of sp³-hybridized carbons (Fsp3) is 0.533. The van der Waals surface area contributed by atoms with Crippen molar-refractivity contribution in [2.45, 2.75) is 31.3 Å². The van der Waals surface area contributed by atoms with Crippen molar-refractivity contribution < 1.29 is 17.9 Å². The van der Waals surface area contributed by atoms with E-state index in [-0.39, 0.29) is 46.8 Å². The predicted molar refractivity (Wildman–Crippen MR) is 97.4 cm³/mol. The lowest BCUT2D eigenvalue weighted by atomic mass is 10.2. The molecular formula is C15H21Cl2N3O4S. The van der Waals surface area contributed by atoms with E-state index in [2.05, 4.69) is 0 Å². The highest BCUT2D eigenvalue weighted by molar-refractivity contribution is 7.89. The second-order valence-corrected chi connectivity index (χ2v) is 9.31. The summed E-state index contributed by atoms with van der Waals surface area (Å²) in [5.74, 6) is 0. The molecule has 2 N–H and O–H groups in total. The van der Waals surface area contributed by atoms with Crippen LogP contribution in [0.1, 0.15) is 20.8 Å². The Kier molecular flexibility index (Phi) is 5.78. The molecule has 0 spiro atoms. The summed E-state index contributed by atoms with van der Waals surface area (Å²) in [6.45, 7) is 5.98. The third-order valence-corrected chi connectivity index (χ3v) is 6.50. The number of nitrogens with two attached hydrogens (primary N) is 1. The Bertz CT molecular complexity index is 770. The molecule has 1 heterocycles. The van der Waals surface area contributed by atoms with Gasteiger partial charge in [-0.25, -0.2) is 13.2 Å². The van der Waals surface area contributed by atoms with Crippen molar-refractivity contribution in [1.29, 1.82) is 0 Å². The van der Waals surface area contributed by atoms with Crippen LogP contribution in [0.3, 0.4) is 0 Å². The molecule has 0 saturated carbocycles. The van der Waals surface area contributed by atoms with Crippen molar-refractivity contribution in [2.75, 3.05) is 31.9 Å². The Morgan fingerprint density at radius 2 is 1.72 bits per heavy atom. The molecule has 0 aliphatic carbocycles. The Morgan fingerprint density at radius 3 is 2.24 bits per heavy atom. The highest BCUT2D eigenvalue weighted by Gasteiger charge is 2.34. The number of carbonyl (C=O) groups excluding carboxylic acids is 1. The predicted octanol–water partition coefficient (Wildman–Crippen LogP) is 2.82. The maximum absolute atomic E-state index is 12.9. The summed E-state index contributed by atoms with van der Waals surface area (Å²) < 4.78 is 32.2. The summed E-state index contributed by atoms with van der Waals surface area (Å²) in [5, 5.41) is -0.0872. The molecule has 1 aromatic carbocycles. The Morgan fingerprint density at radius 1 is 1.16 bits per heavy atom. The number of sulfonamides is 1. The minimum absolute atomic E-state index is 0.00812. The van der Waals surface area contributed by atoms with Gasteiger partial charge in [-0.3, -0.25) is 0 Å². The molecule has 140 valence electrons. The van der Waals surface area contributed by atoms with E-state index in [0.717, 1.165) is 0 Å². The van der Waals surface area contributed by atoms with E-state index in [1.807, 2.05) is 0 Å². The van der Waals surface area contributed by atoms with Gasteiger partial charge in [-0.05, 0) is 32.9 Å². The van der Waals surface area contributed by atoms with Crippen LogP contribution in [-0.2, 0) is 14.8 Å². The monoisotopic (exact) mass is 409 g/mol. The van der Waals surface area contributed by atoms with Gasteiger partial charge in [-0.2, -0.15) is 4.31 Å². The van der Waals surface area contributed by atoms with E-state index >= 15 is 0 Å². The lowest BCUT2D eigenvalue weighted by Crippen LogP contribution is -2.51. The number of carbonyl (C=O) groups is 1. The highest BCUT2D eigenvalue weighted by atomic mass is 35.5. The zero-order valence-electron chi connectivity index (χ0n) is 14.3. The van der Waals surface area contributed by atoms with Crippen molar-refractivity contribution >= 4 is 45.0 Å². The first-order valence-electron chi connectivity index (χ1n) is 7.65. The molecule has 1 aliphatic rings. The van der Waals surface area contributed by atoms with Crippen molar-refractivity contribution in [3.05, 3.63) is 22.2 Å². The summed E-state index contributed by atoms with van der Waals surface area (Å²) in [6.07, 6.45) is -0.468. The van der Waals surface area contributed by atoms with Crippen molar-refractivity contribution in [1.82, 2.24) is 9.21 Å². The van der Waals surface area contributed by atoms with Crippen LogP contribution >= 0.6 is 23.2 Å². The van der Waals surface area contributed by atoms with E-state index in [1.165, 1.54) is 21.3 Å². The molecule has 1 aliphatic heterocycles. The fourth-order valence-electron chi connectivity index (χ4n) is 2.35. The first-order chi connectivity index (χ1) is 11.4. The maximum atomic E-state index is 12.9. The number of hydrogen-bond donors (Lipinski definition) is 1. The van der Waals surface area contributed by atoms with Crippen LogP contribution in [-0.4, -0.2) is 55.5 Å². The van der Waals surface area contributed by atoms with Gasteiger partial charge < -0.3 is 15.4 Å². The smallest absolute Gasteiger partial charge is 0.410 e. The summed E-state index contributed by atoms with van der Waals surface area (Å²) in [7, 11) is -3.92. The van der Waals surface area contributed by atoms with Crippen LogP contribution < -0.4 is 5.73 Å². The molecule has 25 heavy (non-hydrogen) atoms. The standard InChI is InChI=1S/C15H21Cl2N3O4S/c1-15(2,3)24-14(21)19-6-8-20(9-7-19)25(22,23)13-10(16)4-5-11(18)12(13)17/h4-5H,6-9,18H2,1-3H3. The molecule has 1 aromatic rings. The highest BCUT2D eigenvalue weighted by Crippen LogP contribution is 2.35. The number of amides is 1. The number of rotatable bonds is 2. The van der Waals surface area contributed by atoms with Crippen LogP contribution in [0.4, 0.5) is 10.5 Å². The zero-order valence-corrected chi connectivity index (χ0v) is 16.6. The van der Waals surface area contributed by atoms with Crippen LogP contribution in [0.5, 0.6) is 0 Å². The van der Waals surface area contributed by atoms with Gasteiger partial charge in [0.15, 0.2) is 0 Å². The molecule has 0 aromatic heterocycles. The van der Waals surface area contributed by atoms with Crippen LogP contribution in [0.25, 0.3) is 0 Å². The molecule has 0 bridgehead atoms. The molecule has 10 heteroatoms. The SMILES string of the molecule is CC(C)(C)OC(=O)N1CCN(S(=O)(=O)c2c(Cl)ccc(N)c2Cl)CC1. The van der Waals surface area contributed by atoms with Crippen LogP contribution in [0.2, 0.25) is 10.0 Å². The number of ether oxygens (including phenoxy) is 1. The Hall–Kier alpha value is -1.22. The van der Waals surface area contributed by atoms with Gasteiger partial charge in [0.25, 0.3) is 0 Å². The van der Waals surface area contributed by atoms with Crippen LogP contribution in [0, 0.1) is 0 Å². The first-order valence-corrected chi connectivity index (χ1v) is 9.84. The van der Waals surface area contributed by atoms with Crippen molar-refractivity contribution in [2.24, 2.45) is 0 Å². The van der Waals surface area contributed by atoms with Crippen molar-refractivity contribution in [3.63, 3.8) is 0 Å². The van der Waals surface area contributed by atoms with Gasteiger partial charge in [0.2, 0.25) is 10.0 Å². The molecule has 0 radical (unpaired) electrons.